The number of alkyl halides is 3. The first-order chi connectivity index (χ1) is 6.00. The molecule has 2 nitrogen and oxygen atoms in total. The number of hydrogen-bond donors (Lipinski definition) is 0. The Morgan fingerprint density at radius 2 is 1.85 bits per heavy atom. The van der Waals surface area contributed by atoms with Crippen molar-refractivity contribution in [3.63, 3.8) is 0 Å². The molecule has 0 N–H and O–H groups in total. The highest BCUT2D eigenvalue weighted by Gasteiger charge is 2.39. The molecular weight excluding hydrogens is 185 g/mol. The van der Waals surface area contributed by atoms with E-state index in [1.165, 1.54) is 0 Å². The predicted octanol–water partition coefficient (Wildman–Crippen LogP) is 1.93. The van der Waals surface area contributed by atoms with E-state index < -0.39 is 12.0 Å². The molecule has 0 saturated carbocycles. The summed E-state index contributed by atoms with van der Waals surface area (Å²) in [5.74, 6) is -1.76. The highest BCUT2D eigenvalue weighted by molar-refractivity contribution is 5.84. The maximum Gasteiger partial charge on any atom is 0.449 e. The Hall–Kier alpha value is -0.580. The van der Waals surface area contributed by atoms with Gasteiger partial charge in [-0.25, -0.2) is 0 Å². The zero-order valence-electron chi connectivity index (χ0n) is 7.06. The summed E-state index contributed by atoms with van der Waals surface area (Å²) in [6.07, 6.45) is -3.94. The summed E-state index contributed by atoms with van der Waals surface area (Å²) in [5, 5.41) is 0. The Labute approximate surface area is 74.1 Å². The minimum Gasteiger partial charge on any atom is -0.381 e. The standard InChI is InChI=1S/C8H11F3O2/c9-8(10,11)7(12)5-6-1-3-13-4-2-6/h6H,1-5H2. The van der Waals surface area contributed by atoms with Gasteiger partial charge in [0.1, 0.15) is 0 Å². The first-order valence-electron chi connectivity index (χ1n) is 4.18. The van der Waals surface area contributed by atoms with Crippen molar-refractivity contribution in [1.82, 2.24) is 0 Å². The molecule has 0 bridgehead atoms. The molecule has 1 fully saturated rings. The van der Waals surface area contributed by atoms with E-state index in [9.17, 15) is 18.0 Å². The van der Waals surface area contributed by atoms with E-state index in [1.54, 1.807) is 0 Å². The van der Waals surface area contributed by atoms with Crippen LogP contribution in [0.1, 0.15) is 19.3 Å². The molecule has 76 valence electrons. The first kappa shape index (κ1) is 10.5. The van der Waals surface area contributed by atoms with Gasteiger partial charge in [-0.05, 0) is 18.8 Å². The largest absolute Gasteiger partial charge is 0.449 e. The van der Waals surface area contributed by atoms with Crippen LogP contribution in [0.3, 0.4) is 0 Å². The van der Waals surface area contributed by atoms with Crippen molar-refractivity contribution in [1.29, 1.82) is 0 Å². The zero-order chi connectivity index (χ0) is 9.90. The van der Waals surface area contributed by atoms with E-state index in [0.717, 1.165) is 0 Å². The normalized spacial score (nSPS) is 20.2. The van der Waals surface area contributed by atoms with Gasteiger partial charge in [0, 0.05) is 19.6 Å². The summed E-state index contributed by atoms with van der Waals surface area (Å²) in [6.45, 7) is 0.936. The molecule has 1 aliphatic rings. The van der Waals surface area contributed by atoms with Gasteiger partial charge in [-0.15, -0.1) is 0 Å². The lowest BCUT2D eigenvalue weighted by atomic mass is 9.94. The van der Waals surface area contributed by atoms with Gasteiger partial charge in [0.15, 0.2) is 0 Å². The minimum atomic E-state index is -4.67. The van der Waals surface area contributed by atoms with Gasteiger partial charge in [-0.2, -0.15) is 13.2 Å². The molecule has 1 aliphatic heterocycles. The Morgan fingerprint density at radius 3 is 2.31 bits per heavy atom. The molecule has 1 heterocycles. The number of ether oxygens (including phenoxy) is 1. The van der Waals surface area contributed by atoms with Crippen molar-refractivity contribution >= 4 is 5.78 Å². The van der Waals surface area contributed by atoms with Crippen molar-refractivity contribution in [2.45, 2.75) is 25.4 Å². The zero-order valence-corrected chi connectivity index (χ0v) is 7.06. The van der Waals surface area contributed by atoms with Crippen LogP contribution < -0.4 is 0 Å². The SMILES string of the molecule is O=C(CC1CCOCC1)C(F)(F)F. The molecule has 0 unspecified atom stereocenters. The first-order valence-corrected chi connectivity index (χ1v) is 4.18. The van der Waals surface area contributed by atoms with Crippen LogP contribution in [-0.2, 0) is 9.53 Å². The molecule has 5 heteroatoms. The molecule has 0 spiro atoms. The number of carbonyl (C=O) groups excluding carboxylic acids is 1. The van der Waals surface area contributed by atoms with Crippen molar-refractivity contribution < 1.29 is 22.7 Å². The number of rotatable bonds is 2. The summed E-state index contributed by atoms with van der Waals surface area (Å²) in [7, 11) is 0. The summed E-state index contributed by atoms with van der Waals surface area (Å²) in [4.78, 5) is 10.6. The number of carbonyl (C=O) groups is 1. The molecule has 0 atom stereocenters. The summed E-state index contributed by atoms with van der Waals surface area (Å²) in [6, 6.07) is 0. The van der Waals surface area contributed by atoms with Gasteiger partial charge in [0.25, 0.3) is 0 Å². The molecule has 1 saturated heterocycles. The van der Waals surface area contributed by atoms with Gasteiger partial charge in [-0.1, -0.05) is 0 Å². The second-order valence-electron chi connectivity index (χ2n) is 3.18. The van der Waals surface area contributed by atoms with Gasteiger partial charge < -0.3 is 4.74 Å². The van der Waals surface area contributed by atoms with E-state index in [4.69, 9.17) is 4.74 Å². The molecule has 0 aromatic heterocycles. The van der Waals surface area contributed by atoms with Crippen molar-refractivity contribution in [2.24, 2.45) is 5.92 Å². The monoisotopic (exact) mass is 196 g/mol. The smallest absolute Gasteiger partial charge is 0.381 e. The second-order valence-corrected chi connectivity index (χ2v) is 3.18. The highest BCUT2D eigenvalue weighted by Crippen LogP contribution is 2.25. The fourth-order valence-corrected chi connectivity index (χ4v) is 1.33. The average molecular weight is 196 g/mol. The van der Waals surface area contributed by atoms with Gasteiger partial charge in [-0.3, -0.25) is 4.79 Å². The van der Waals surface area contributed by atoms with Gasteiger partial charge in [0.2, 0.25) is 5.78 Å². The van der Waals surface area contributed by atoms with Crippen LogP contribution in [0.5, 0.6) is 0 Å². The lowest BCUT2D eigenvalue weighted by Gasteiger charge is -2.21. The third-order valence-electron chi connectivity index (χ3n) is 2.13. The lowest BCUT2D eigenvalue weighted by Crippen LogP contribution is -2.27. The van der Waals surface area contributed by atoms with Crippen molar-refractivity contribution in [3.8, 4) is 0 Å². The second kappa shape index (κ2) is 4.09. The molecule has 0 aromatic rings. The molecule has 0 aliphatic carbocycles. The third-order valence-corrected chi connectivity index (χ3v) is 2.13. The predicted molar refractivity (Wildman–Crippen MR) is 39.2 cm³/mol. The van der Waals surface area contributed by atoms with Crippen molar-refractivity contribution in [2.75, 3.05) is 13.2 Å². The van der Waals surface area contributed by atoms with Crippen molar-refractivity contribution in [3.05, 3.63) is 0 Å². The highest BCUT2D eigenvalue weighted by atomic mass is 19.4. The molecule has 0 radical (unpaired) electrons. The van der Waals surface area contributed by atoms with Gasteiger partial charge >= 0.3 is 6.18 Å². The molecule has 1 rings (SSSR count). The minimum absolute atomic E-state index is 0.150. The van der Waals surface area contributed by atoms with Crippen LogP contribution in [0.2, 0.25) is 0 Å². The fourth-order valence-electron chi connectivity index (χ4n) is 1.33. The maximum atomic E-state index is 11.8. The number of hydrogen-bond acceptors (Lipinski definition) is 2. The van der Waals surface area contributed by atoms with Crippen LogP contribution >= 0.6 is 0 Å². The van der Waals surface area contributed by atoms with Crippen LogP contribution in [0.25, 0.3) is 0 Å². The summed E-state index contributed by atoms with van der Waals surface area (Å²) >= 11 is 0. The number of halogens is 3. The lowest BCUT2D eigenvalue weighted by molar-refractivity contribution is -0.172. The summed E-state index contributed by atoms with van der Waals surface area (Å²) < 4.78 is 40.4. The van der Waals surface area contributed by atoms with E-state index in [1.807, 2.05) is 0 Å². The van der Waals surface area contributed by atoms with Crippen LogP contribution in [-0.4, -0.2) is 25.2 Å². The molecular formula is C8H11F3O2. The summed E-state index contributed by atoms with van der Waals surface area (Å²) in [5.41, 5.74) is 0. The van der Waals surface area contributed by atoms with E-state index in [-0.39, 0.29) is 12.3 Å². The van der Waals surface area contributed by atoms with Crippen LogP contribution in [0.15, 0.2) is 0 Å². The quantitative estimate of drug-likeness (QED) is 0.674. The molecule has 0 amide bonds. The average Bonchev–Trinajstić information content (AvgIpc) is 2.04. The number of Topliss-reactive ketones (excluding diaryl/α,β-unsaturated/α-hetero) is 1. The third kappa shape index (κ3) is 3.34. The van der Waals surface area contributed by atoms with E-state index in [2.05, 4.69) is 0 Å². The fraction of sp³-hybridized carbons (Fsp3) is 0.875. The van der Waals surface area contributed by atoms with Crippen LogP contribution in [0.4, 0.5) is 13.2 Å². The molecule has 0 aromatic carbocycles. The Balaban J connectivity index is 2.35. The van der Waals surface area contributed by atoms with Gasteiger partial charge in [0.05, 0.1) is 0 Å². The van der Waals surface area contributed by atoms with Crippen LogP contribution in [0, 0.1) is 5.92 Å². The topological polar surface area (TPSA) is 26.3 Å². The Bertz CT molecular complexity index is 182. The molecule has 13 heavy (non-hydrogen) atoms. The number of ketones is 1. The maximum absolute atomic E-state index is 11.8. The van der Waals surface area contributed by atoms with E-state index in [0.29, 0.717) is 26.1 Å². The van der Waals surface area contributed by atoms with E-state index >= 15 is 0 Å². The Kier molecular flexibility index (Phi) is 3.30. The Morgan fingerprint density at radius 1 is 1.31 bits per heavy atom.